The van der Waals surface area contributed by atoms with Crippen LogP contribution >= 0.6 is 11.6 Å². The van der Waals surface area contributed by atoms with Crippen molar-refractivity contribution in [2.45, 2.75) is 6.92 Å². The van der Waals surface area contributed by atoms with Gasteiger partial charge in [-0.05, 0) is 36.8 Å². The molecule has 0 fully saturated rings. The lowest BCUT2D eigenvalue weighted by molar-refractivity contribution is 0.586. The molecule has 4 aromatic heterocycles. The van der Waals surface area contributed by atoms with Gasteiger partial charge in [0, 0.05) is 35.1 Å². The quantitative estimate of drug-likeness (QED) is 0.516. The van der Waals surface area contributed by atoms with E-state index in [-0.39, 0.29) is 0 Å². The Balaban J connectivity index is 1.76. The lowest BCUT2D eigenvalue weighted by Crippen LogP contribution is -1.97. The summed E-state index contributed by atoms with van der Waals surface area (Å²) < 4.78 is 14.0. The molecule has 0 aliphatic rings. The molecule has 0 aliphatic carbocycles. The van der Waals surface area contributed by atoms with Gasteiger partial charge in [-0.25, -0.2) is 9.97 Å². The summed E-state index contributed by atoms with van der Waals surface area (Å²) in [7, 11) is 0. The van der Waals surface area contributed by atoms with E-state index in [4.69, 9.17) is 11.6 Å². The van der Waals surface area contributed by atoms with Crippen LogP contribution in [0.15, 0.2) is 48.9 Å². The number of nitrogens with one attached hydrogen (secondary N) is 2. The number of fused-ring (bicyclic) bond motifs is 1. The van der Waals surface area contributed by atoms with Gasteiger partial charge in [0.1, 0.15) is 11.5 Å². The molecule has 0 bridgehead atoms. The van der Waals surface area contributed by atoms with Gasteiger partial charge in [-0.15, -0.1) is 0 Å². The van der Waals surface area contributed by atoms with E-state index in [0.717, 1.165) is 22.3 Å². The highest BCUT2D eigenvalue weighted by atomic mass is 35.5. The number of aromatic nitrogens is 4. The van der Waals surface area contributed by atoms with E-state index >= 15 is 0 Å². The van der Waals surface area contributed by atoms with Crippen LogP contribution in [0.4, 0.5) is 15.9 Å². The van der Waals surface area contributed by atoms with Gasteiger partial charge in [-0.2, -0.15) is 4.39 Å². The second-order valence-electron chi connectivity index (χ2n) is 5.63. The molecule has 0 atom stereocenters. The second-order valence-corrected chi connectivity index (χ2v) is 6.07. The van der Waals surface area contributed by atoms with Crippen molar-refractivity contribution < 1.29 is 4.39 Å². The van der Waals surface area contributed by atoms with Crippen molar-refractivity contribution in [3.63, 3.8) is 0 Å². The van der Waals surface area contributed by atoms with Crippen LogP contribution in [0.5, 0.6) is 0 Å². The fourth-order valence-corrected chi connectivity index (χ4v) is 2.78. The third-order valence-electron chi connectivity index (χ3n) is 3.79. The molecule has 4 aromatic rings. The molecular weight excluding hydrogens is 341 g/mol. The van der Waals surface area contributed by atoms with Gasteiger partial charge < -0.3 is 10.3 Å². The summed E-state index contributed by atoms with van der Waals surface area (Å²) >= 11 is 6.04. The van der Waals surface area contributed by atoms with Crippen LogP contribution in [0.2, 0.25) is 5.02 Å². The number of halogens is 2. The molecule has 0 unspecified atom stereocenters. The van der Waals surface area contributed by atoms with Crippen molar-refractivity contribution in [2.75, 3.05) is 5.32 Å². The predicted octanol–water partition coefficient (Wildman–Crippen LogP) is 4.86. The van der Waals surface area contributed by atoms with Crippen molar-refractivity contribution in [3.8, 4) is 11.1 Å². The summed E-state index contributed by atoms with van der Waals surface area (Å²) in [6.07, 6.45) is 5.02. The number of nitrogens with zero attached hydrogens (tertiary/aromatic N) is 3. The summed E-state index contributed by atoms with van der Waals surface area (Å²) in [5.74, 6) is -0.186. The van der Waals surface area contributed by atoms with Crippen molar-refractivity contribution in [3.05, 3.63) is 65.6 Å². The van der Waals surface area contributed by atoms with E-state index in [1.54, 1.807) is 30.7 Å². The standard InChI is InChI=1S/C18H13ClFN5/c1-10-2-3-13(8-21-10)24-17-5-11(4-16(20)25-17)15-9-23-18-14(15)6-12(19)7-22-18/h2-9H,1H3,(H,22,23)(H,24,25). The molecule has 124 valence electrons. The van der Waals surface area contributed by atoms with Gasteiger partial charge in [0.25, 0.3) is 0 Å². The maximum atomic E-state index is 14.0. The van der Waals surface area contributed by atoms with Crippen molar-refractivity contribution in [2.24, 2.45) is 0 Å². The first-order valence-electron chi connectivity index (χ1n) is 7.59. The summed E-state index contributed by atoms with van der Waals surface area (Å²) in [5.41, 5.74) is 3.80. The Morgan fingerprint density at radius 1 is 1.12 bits per heavy atom. The SMILES string of the molecule is Cc1ccc(Nc2cc(-c3c[nH]c4ncc(Cl)cc34)cc(F)n2)cn1. The van der Waals surface area contributed by atoms with Crippen LogP contribution in [0, 0.1) is 12.9 Å². The molecule has 4 heterocycles. The number of rotatable bonds is 3. The van der Waals surface area contributed by atoms with Crippen LogP contribution in [-0.4, -0.2) is 19.9 Å². The molecule has 5 nitrogen and oxygen atoms in total. The number of pyridine rings is 3. The van der Waals surface area contributed by atoms with Gasteiger partial charge in [0.05, 0.1) is 16.9 Å². The fourth-order valence-electron chi connectivity index (χ4n) is 2.62. The third kappa shape index (κ3) is 3.16. The zero-order valence-electron chi connectivity index (χ0n) is 13.2. The molecule has 0 aromatic carbocycles. The maximum Gasteiger partial charge on any atom is 0.215 e. The van der Waals surface area contributed by atoms with Gasteiger partial charge in [0.2, 0.25) is 5.95 Å². The Kier molecular flexibility index (Phi) is 3.82. The van der Waals surface area contributed by atoms with Gasteiger partial charge in [-0.3, -0.25) is 4.98 Å². The Bertz CT molecular complexity index is 1060. The number of hydrogen-bond acceptors (Lipinski definition) is 4. The minimum absolute atomic E-state index is 0.394. The van der Waals surface area contributed by atoms with Crippen molar-refractivity contribution in [1.29, 1.82) is 0 Å². The normalized spacial score (nSPS) is 11.0. The first-order valence-corrected chi connectivity index (χ1v) is 7.96. The van der Waals surface area contributed by atoms with Gasteiger partial charge in [-0.1, -0.05) is 11.6 Å². The lowest BCUT2D eigenvalue weighted by Gasteiger charge is -2.08. The van der Waals surface area contributed by atoms with Crippen LogP contribution in [0.3, 0.4) is 0 Å². The molecule has 0 spiro atoms. The topological polar surface area (TPSA) is 66.5 Å². The minimum Gasteiger partial charge on any atom is -0.346 e. The molecule has 0 radical (unpaired) electrons. The number of anilines is 2. The molecule has 0 aliphatic heterocycles. The minimum atomic E-state index is -0.579. The number of aryl methyl sites for hydroxylation is 1. The first-order chi connectivity index (χ1) is 12.1. The van der Waals surface area contributed by atoms with E-state index in [0.29, 0.717) is 22.1 Å². The van der Waals surface area contributed by atoms with E-state index in [1.807, 2.05) is 19.1 Å². The predicted molar refractivity (Wildman–Crippen MR) is 96.5 cm³/mol. The average Bonchev–Trinajstić information content (AvgIpc) is 2.99. The zero-order chi connectivity index (χ0) is 17.4. The van der Waals surface area contributed by atoms with Gasteiger partial charge in [0.15, 0.2) is 0 Å². The average molecular weight is 354 g/mol. The number of hydrogen-bond donors (Lipinski definition) is 2. The highest BCUT2D eigenvalue weighted by molar-refractivity contribution is 6.31. The molecule has 0 saturated heterocycles. The summed E-state index contributed by atoms with van der Waals surface area (Å²) in [6.45, 7) is 1.90. The Hall–Kier alpha value is -2.99. The molecular formula is C18H13ClFN5. The number of aromatic amines is 1. The fraction of sp³-hybridized carbons (Fsp3) is 0.0556. The third-order valence-corrected chi connectivity index (χ3v) is 3.99. The van der Waals surface area contributed by atoms with Crippen LogP contribution < -0.4 is 5.32 Å². The molecule has 2 N–H and O–H groups in total. The Morgan fingerprint density at radius 2 is 2.00 bits per heavy atom. The summed E-state index contributed by atoms with van der Waals surface area (Å²) in [5, 5.41) is 4.41. The second kappa shape index (κ2) is 6.14. The maximum absolute atomic E-state index is 14.0. The zero-order valence-corrected chi connectivity index (χ0v) is 14.0. The smallest absolute Gasteiger partial charge is 0.215 e. The molecule has 4 rings (SSSR count). The molecule has 25 heavy (non-hydrogen) atoms. The number of H-pyrrole nitrogens is 1. The summed E-state index contributed by atoms with van der Waals surface area (Å²) in [4.78, 5) is 15.4. The van der Waals surface area contributed by atoms with Gasteiger partial charge >= 0.3 is 0 Å². The first kappa shape index (κ1) is 15.5. The van der Waals surface area contributed by atoms with E-state index < -0.39 is 5.95 Å². The highest BCUT2D eigenvalue weighted by Gasteiger charge is 2.11. The monoisotopic (exact) mass is 353 g/mol. The van der Waals surface area contributed by atoms with Crippen LogP contribution in [0.25, 0.3) is 22.2 Å². The lowest BCUT2D eigenvalue weighted by atomic mass is 10.1. The van der Waals surface area contributed by atoms with E-state index in [2.05, 4.69) is 25.3 Å². The summed E-state index contributed by atoms with van der Waals surface area (Å²) in [6, 6.07) is 8.68. The molecule has 0 amide bonds. The van der Waals surface area contributed by atoms with Crippen molar-refractivity contribution >= 4 is 34.1 Å². The Labute approximate surface area is 147 Å². The molecule has 0 saturated carbocycles. The largest absolute Gasteiger partial charge is 0.346 e. The van der Waals surface area contributed by atoms with Crippen LogP contribution in [0.1, 0.15) is 5.69 Å². The van der Waals surface area contributed by atoms with Crippen LogP contribution in [-0.2, 0) is 0 Å². The Morgan fingerprint density at radius 3 is 2.80 bits per heavy atom. The molecule has 7 heteroatoms. The van der Waals surface area contributed by atoms with E-state index in [9.17, 15) is 4.39 Å². The highest BCUT2D eigenvalue weighted by Crippen LogP contribution is 2.31. The van der Waals surface area contributed by atoms with Crippen molar-refractivity contribution in [1.82, 2.24) is 19.9 Å². The van der Waals surface area contributed by atoms with E-state index in [1.165, 1.54) is 6.07 Å².